The maximum Gasteiger partial charge on any atom is 0.277 e. The lowest BCUT2D eigenvalue weighted by Crippen LogP contribution is -2.15. The zero-order valence-corrected chi connectivity index (χ0v) is 17.9. The van der Waals surface area contributed by atoms with Gasteiger partial charge in [0, 0.05) is 28.0 Å². The average molecular weight is 457 g/mol. The van der Waals surface area contributed by atoms with Gasteiger partial charge in [0.05, 0.1) is 0 Å². The molecule has 0 aliphatic carbocycles. The molecule has 0 aliphatic rings. The predicted molar refractivity (Wildman–Crippen MR) is 116 cm³/mol. The van der Waals surface area contributed by atoms with Gasteiger partial charge in [-0.2, -0.15) is 5.10 Å². The number of aromatic amines is 1. The van der Waals surface area contributed by atoms with Crippen LogP contribution < -0.4 is 5.32 Å². The Hall–Kier alpha value is -2.73. The van der Waals surface area contributed by atoms with E-state index >= 15 is 0 Å². The summed E-state index contributed by atoms with van der Waals surface area (Å²) in [4.78, 5) is 27.4. The molecule has 0 radical (unpaired) electrons. The van der Waals surface area contributed by atoms with Gasteiger partial charge in [-0.05, 0) is 48.0 Å². The van der Waals surface area contributed by atoms with E-state index in [2.05, 4.69) is 30.5 Å². The van der Waals surface area contributed by atoms with Crippen molar-refractivity contribution >= 4 is 45.9 Å². The molecule has 3 heterocycles. The summed E-state index contributed by atoms with van der Waals surface area (Å²) in [5.74, 6) is -0.329. The number of carbonyl (C=O) groups excluding carboxylic acids is 1. The Bertz CT molecular complexity index is 1100. The molecule has 1 amide bonds. The summed E-state index contributed by atoms with van der Waals surface area (Å²) in [5, 5.41) is 22.0. The molecule has 11 heteroatoms. The van der Waals surface area contributed by atoms with Crippen molar-refractivity contribution in [2.24, 2.45) is 0 Å². The number of amides is 1. The minimum atomic E-state index is -0.329. The molecule has 0 saturated carbocycles. The number of aromatic nitrogens is 5. The topological polar surface area (TPSA) is 117 Å². The van der Waals surface area contributed by atoms with Crippen molar-refractivity contribution in [1.29, 1.82) is 0 Å². The highest BCUT2D eigenvalue weighted by Gasteiger charge is 2.18. The van der Waals surface area contributed by atoms with Gasteiger partial charge in [0.1, 0.15) is 17.0 Å². The van der Waals surface area contributed by atoms with Crippen molar-refractivity contribution in [1.82, 2.24) is 25.1 Å². The first-order chi connectivity index (χ1) is 14.7. The highest BCUT2D eigenvalue weighted by molar-refractivity contribution is 7.99. The summed E-state index contributed by atoms with van der Waals surface area (Å²) < 4.78 is 0. The molecular formula is C19H16N6O2S3. The minimum Gasteiger partial charge on any atom is -0.396 e. The molecule has 3 N–H and O–H groups in total. The van der Waals surface area contributed by atoms with Gasteiger partial charge in [-0.15, -0.1) is 11.3 Å². The third kappa shape index (κ3) is 5.25. The fraction of sp³-hybridized carbons (Fsp3) is 0.105. The van der Waals surface area contributed by atoms with Crippen LogP contribution in [-0.4, -0.2) is 42.8 Å². The number of nitrogens with one attached hydrogen (secondary N) is 2. The Morgan fingerprint density at radius 2 is 2.00 bits per heavy atom. The van der Waals surface area contributed by atoms with Crippen LogP contribution in [0.2, 0.25) is 0 Å². The van der Waals surface area contributed by atoms with Crippen LogP contribution in [0.3, 0.4) is 0 Å². The maximum atomic E-state index is 12.9. The standard InChI is InChI=1S/C19H16N6O2S3/c26-9-7-12-1-3-13(4-2-12)29-14-5-6-15(30-19-21-11-22-25-19)23-16(14)17(27)24-18-20-8-10-28-18/h1-6,8,10-11,26H,7,9H2,(H,20,24,27)(H,21,22,25). The van der Waals surface area contributed by atoms with E-state index < -0.39 is 0 Å². The zero-order chi connectivity index (χ0) is 20.8. The number of benzene rings is 1. The van der Waals surface area contributed by atoms with E-state index in [1.165, 1.54) is 41.2 Å². The predicted octanol–water partition coefficient (Wildman–Crippen LogP) is 3.75. The Labute approximate surface area is 184 Å². The average Bonchev–Trinajstić information content (AvgIpc) is 3.45. The minimum absolute atomic E-state index is 0.113. The van der Waals surface area contributed by atoms with E-state index in [0.717, 1.165) is 15.4 Å². The highest BCUT2D eigenvalue weighted by Crippen LogP contribution is 2.33. The van der Waals surface area contributed by atoms with E-state index in [1.807, 2.05) is 36.4 Å². The second kappa shape index (κ2) is 9.85. The van der Waals surface area contributed by atoms with Crippen molar-refractivity contribution in [3.05, 3.63) is 65.6 Å². The van der Waals surface area contributed by atoms with Gasteiger partial charge >= 0.3 is 0 Å². The van der Waals surface area contributed by atoms with Gasteiger partial charge in [0.15, 0.2) is 10.3 Å². The van der Waals surface area contributed by atoms with Crippen molar-refractivity contribution < 1.29 is 9.90 Å². The lowest BCUT2D eigenvalue weighted by Gasteiger charge is -2.10. The molecule has 0 spiro atoms. The van der Waals surface area contributed by atoms with Crippen LogP contribution >= 0.6 is 34.9 Å². The van der Waals surface area contributed by atoms with Crippen LogP contribution in [0.15, 0.2) is 74.3 Å². The summed E-state index contributed by atoms with van der Waals surface area (Å²) in [6, 6.07) is 11.6. The van der Waals surface area contributed by atoms with Crippen molar-refractivity contribution in [3.8, 4) is 0 Å². The van der Waals surface area contributed by atoms with Crippen molar-refractivity contribution in [3.63, 3.8) is 0 Å². The Morgan fingerprint density at radius 3 is 2.70 bits per heavy atom. The van der Waals surface area contributed by atoms with Gasteiger partial charge in [0.2, 0.25) is 0 Å². The molecule has 0 atom stereocenters. The second-order valence-electron chi connectivity index (χ2n) is 5.90. The monoisotopic (exact) mass is 456 g/mol. The number of hydrogen-bond donors (Lipinski definition) is 3. The van der Waals surface area contributed by atoms with Gasteiger partial charge in [-0.25, -0.2) is 15.0 Å². The first-order valence-corrected chi connectivity index (χ1v) is 11.4. The summed E-state index contributed by atoms with van der Waals surface area (Å²) in [5.41, 5.74) is 1.36. The van der Waals surface area contributed by atoms with Crippen molar-refractivity contribution in [2.45, 2.75) is 26.4 Å². The van der Waals surface area contributed by atoms with E-state index in [0.29, 0.717) is 27.4 Å². The van der Waals surface area contributed by atoms with E-state index in [9.17, 15) is 4.79 Å². The Morgan fingerprint density at radius 1 is 1.13 bits per heavy atom. The normalized spacial score (nSPS) is 10.8. The van der Waals surface area contributed by atoms with Gasteiger partial charge in [-0.3, -0.25) is 15.2 Å². The summed E-state index contributed by atoms with van der Waals surface area (Å²) >= 11 is 4.08. The number of nitrogens with zero attached hydrogens (tertiary/aromatic N) is 4. The lowest BCUT2D eigenvalue weighted by atomic mass is 10.2. The van der Waals surface area contributed by atoms with Crippen LogP contribution in [0.25, 0.3) is 0 Å². The van der Waals surface area contributed by atoms with Crippen LogP contribution in [-0.2, 0) is 6.42 Å². The fourth-order valence-corrected chi connectivity index (χ4v) is 4.59. The third-order valence-corrected chi connectivity index (χ3v) is 6.42. The molecule has 30 heavy (non-hydrogen) atoms. The molecule has 4 rings (SSSR count). The van der Waals surface area contributed by atoms with Crippen LogP contribution in [0, 0.1) is 0 Å². The molecule has 0 fully saturated rings. The first kappa shape index (κ1) is 20.5. The molecule has 8 nitrogen and oxygen atoms in total. The molecule has 3 aromatic heterocycles. The third-order valence-electron chi connectivity index (χ3n) is 3.85. The summed E-state index contributed by atoms with van der Waals surface area (Å²) in [6.07, 6.45) is 3.66. The van der Waals surface area contributed by atoms with E-state index in [1.54, 1.807) is 11.6 Å². The molecular weight excluding hydrogens is 440 g/mol. The zero-order valence-electron chi connectivity index (χ0n) is 15.5. The van der Waals surface area contributed by atoms with E-state index in [4.69, 9.17) is 5.11 Å². The highest BCUT2D eigenvalue weighted by atomic mass is 32.2. The Kier molecular flexibility index (Phi) is 6.74. The number of rotatable bonds is 8. The van der Waals surface area contributed by atoms with Crippen molar-refractivity contribution in [2.75, 3.05) is 11.9 Å². The van der Waals surface area contributed by atoms with Gasteiger partial charge in [0.25, 0.3) is 5.91 Å². The second-order valence-corrected chi connectivity index (χ2v) is 8.92. The molecule has 1 aromatic carbocycles. The van der Waals surface area contributed by atoms with Gasteiger partial charge in [-0.1, -0.05) is 23.9 Å². The number of pyridine rings is 1. The SMILES string of the molecule is O=C(Nc1nccs1)c1nc(Sc2ncn[nH]2)ccc1Sc1ccc(CCO)cc1. The number of carbonyl (C=O) groups is 1. The number of H-pyrrole nitrogens is 1. The largest absolute Gasteiger partial charge is 0.396 e. The first-order valence-electron chi connectivity index (χ1n) is 8.84. The molecule has 0 bridgehead atoms. The van der Waals surface area contributed by atoms with E-state index in [-0.39, 0.29) is 12.5 Å². The van der Waals surface area contributed by atoms with Crippen LogP contribution in [0.4, 0.5) is 5.13 Å². The Balaban J connectivity index is 1.61. The molecule has 0 unspecified atom stereocenters. The molecule has 0 saturated heterocycles. The molecule has 4 aromatic rings. The summed E-state index contributed by atoms with van der Waals surface area (Å²) in [6.45, 7) is 0.113. The molecule has 152 valence electrons. The quantitative estimate of drug-likeness (QED) is 0.367. The number of anilines is 1. The maximum absolute atomic E-state index is 12.9. The lowest BCUT2D eigenvalue weighted by molar-refractivity contribution is 0.101. The van der Waals surface area contributed by atoms with Crippen LogP contribution in [0.5, 0.6) is 0 Å². The number of hydrogen-bond acceptors (Lipinski definition) is 9. The van der Waals surface area contributed by atoms with Gasteiger partial charge < -0.3 is 5.11 Å². The number of thiazole rings is 1. The smallest absolute Gasteiger partial charge is 0.277 e. The number of aliphatic hydroxyl groups is 1. The summed E-state index contributed by atoms with van der Waals surface area (Å²) in [7, 11) is 0. The number of aliphatic hydroxyl groups excluding tert-OH is 1. The fourth-order valence-electron chi connectivity index (χ4n) is 2.49. The van der Waals surface area contributed by atoms with Crippen LogP contribution in [0.1, 0.15) is 16.1 Å². The molecule has 0 aliphatic heterocycles.